The Morgan fingerprint density at radius 2 is 1.82 bits per heavy atom. The quantitative estimate of drug-likeness (QED) is 0.141. The first kappa shape index (κ1) is 26.3. The Labute approximate surface area is 232 Å². The second-order valence-corrected chi connectivity index (χ2v) is 10.2. The minimum absolute atomic E-state index is 0.121. The van der Waals surface area contributed by atoms with Crippen LogP contribution >= 0.6 is 11.8 Å². The molecule has 39 heavy (non-hydrogen) atoms. The number of allylic oxidation sites excluding steroid dienone is 1. The van der Waals surface area contributed by atoms with E-state index in [0.717, 1.165) is 22.6 Å². The third-order valence-corrected chi connectivity index (χ3v) is 7.19. The van der Waals surface area contributed by atoms with Gasteiger partial charge in [0.15, 0.2) is 0 Å². The van der Waals surface area contributed by atoms with Crippen LogP contribution in [0.25, 0.3) is 0 Å². The van der Waals surface area contributed by atoms with Crippen LogP contribution in [0.2, 0.25) is 0 Å². The van der Waals surface area contributed by atoms with Crippen LogP contribution in [0.3, 0.4) is 0 Å². The molecule has 5 rings (SSSR count). The Balaban J connectivity index is 1.41. The van der Waals surface area contributed by atoms with Crippen LogP contribution in [0.5, 0.6) is 5.75 Å². The zero-order valence-corrected chi connectivity index (χ0v) is 22.8. The van der Waals surface area contributed by atoms with E-state index in [0.29, 0.717) is 29.0 Å². The molecule has 1 atom stereocenters. The van der Waals surface area contributed by atoms with Gasteiger partial charge >= 0.3 is 5.97 Å². The first-order chi connectivity index (χ1) is 19.0. The molecular weight excluding hydrogens is 508 g/mol. The zero-order valence-electron chi connectivity index (χ0n) is 22.0. The van der Waals surface area contributed by atoms with E-state index in [4.69, 9.17) is 19.6 Å². The Morgan fingerprint density at radius 3 is 2.56 bits per heavy atom. The highest BCUT2D eigenvalue weighted by atomic mass is 32.2. The lowest BCUT2D eigenvalue weighted by atomic mass is 9.96. The monoisotopic (exact) mass is 538 g/mol. The SMILES string of the molecule is C=CCOC(=O)C1=C(C)Nc2nc(SCc3ccccc3)nn2C1c1ccc(OCc2cccc(C)c2)cc1. The van der Waals surface area contributed by atoms with Crippen molar-refractivity contribution in [3.05, 3.63) is 125 Å². The predicted molar refractivity (Wildman–Crippen MR) is 154 cm³/mol. The van der Waals surface area contributed by atoms with Gasteiger partial charge in [0.2, 0.25) is 11.1 Å². The lowest BCUT2D eigenvalue weighted by molar-refractivity contribution is -0.138. The van der Waals surface area contributed by atoms with E-state index in [-0.39, 0.29) is 6.61 Å². The number of ether oxygens (including phenoxy) is 2. The van der Waals surface area contributed by atoms with Gasteiger partial charge < -0.3 is 14.8 Å². The first-order valence-corrected chi connectivity index (χ1v) is 13.7. The highest BCUT2D eigenvalue weighted by Gasteiger charge is 2.35. The molecule has 0 bridgehead atoms. The largest absolute Gasteiger partial charge is 0.489 e. The number of esters is 1. The number of carbonyl (C=O) groups excluding carboxylic acids is 1. The van der Waals surface area contributed by atoms with Gasteiger partial charge in [0.25, 0.3) is 0 Å². The van der Waals surface area contributed by atoms with Crippen molar-refractivity contribution in [1.82, 2.24) is 14.8 Å². The third-order valence-electron chi connectivity index (χ3n) is 6.28. The summed E-state index contributed by atoms with van der Waals surface area (Å²) in [5.41, 5.74) is 5.51. The lowest BCUT2D eigenvalue weighted by Crippen LogP contribution is -2.29. The van der Waals surface area contributed by atoms with Crippen LogP contribution in [0, 0.1) is 6.92 Å². The van der Waals surface area contributed by atoms with Gasteiger partial charge in [-0.25, -0.2) is 9.48 Å². The summed E-state index contributed by atoms with van der Waals surface area (Å²) < 4.78 is 13.2. The van der Waals surface area contributed by atoms with Crippen molar-refractivity contribution >= 4 is 23.7 Å². The van der Waals surface area contributed by atoms with Crippen LogP contribution in [0.1, 0.15) is 35.2 Å². The molecule has 1 unspecified atom stereocenters. The van der Waals surface area contributed by atoms with Crippen LogP contribution in [-0.2, 0) is 21.9 Å². The van der Waals surface area contributed by atoms with E-state index in [1.165, 1.54) is 11.1 Å². The van der Waals surface area contributed by atoms with Crippen molar-refractivity contribution in [3.8, 4) is 5.75 Å². The molecule has 1 aliphatic heterocycles. The molecule has 3 aromatic carbocycles. The molecule has 198 valence electrons. The Kier molecular flexibility index (Phi) is 8.13. The van der Waals surface area contributed by atoms with E-state index >= 15 is 0 Å². The van der Waals surface area contributed by atoms with Gasteiger partial charge in [0, 0.05) is 11.4 Å². The third kappa shape index (κ3) is 6.23. The van der Waals surface area contributed by atoms with Crippen LogP contribution in [0.15, 0.2) is 108 Å². The van der Waals surface area contributed by atoms with Gasteiger partial charge in [-0.2, -0.15) is 4.98 Å². The summed E-state index contributed by atoms with van der Waals surface area (Å²) in [7, 11) is 0. The standard InChI is InChI=1S/C31H30N4O3S/c1-4-17-37-29(36)27-22(3)32-30-33-31(39-20-23-10-6-5-7-11-23)34-35(30)28(27)25-13-15-26(16-14-25)38-19-24-12-8-9-21(2)18-24/h4-16,18,28H,1,17,19-20H2,2-3H3,(H,32,33,34). The lowest BCUT2D eigenvalue weighted by Gasteiger charge is -2.28. The van der Waals surface area contributed by atoms with Crippen molar-refractivity contribution in [2.24, 2.45) is 0 Å². The molecule has 1 N–H and O–H groups in total. The smallest absolute Gasteiger partial charge is 0.338 e. The molecule has 0 fully saturated rings. The van der Waals surface area contributed by atoms with Gasteiger partial charge in [-0.05, 0) is 42.7 Å². The summed E-state index contributed by atoms with van der Waals surface area (Å²) in [5, 5.41) is 8.66. The molecule has 0 aliphatic carbocycles. The molecule has 4 aromatic rings. The topological polar surface area (TPSA) is 78.3 Å². The molecule has 0 saturated carbocycles. The normalized spacial score (nSPS) is 14.4. The van der Waals surface area contributed by atoms with Crippen molar-refractivity contribution in [3.63, 3.8) is 0 Å². The summed E-state index contributed by atoms with van der Waals surface area (Å²) in [4.78, 5) is 17.9. The number of thioether (sulfide) groups is 1. The highest BCUT2D eigenvalue weighted by molar-refractivity contribution is 7.98. The number of nitrogens with one attached hydrogen (secondary N) is 1. The van der Waals surface area contributed by atoms with Crippen LogP contribution in [-0.4, -0.2) is 27.3 Å². The van der Waals surface area contributed by atoms with Crippen LogP contribution < -0.4 is 10.1 Å². The van der Waals surface area contributed by atoms with Crippen molar-refractivity contribution < 1.29 is 14.3 Å². The van der Waals surface area contributed by atoms with Gasteiger partial charge in [-0.1, -0.05) is 96.7 Å². The summed E-state index contributed by atoms with van der Waals surface area (Å²) in [6.45, 7) is 8.17. The number of aryl methyl sites for hydroxylation is 1. The fourth-order valence-corrected chi connectivity index (χ4v) is 5.20. The first-order valence-electron chi connectivity index (χ1n) is 12.7. The Bertz CT molecular complexity index is 1500. The molecule has 1 aliphatic rings. The minimum atomic E-state index is -0.511. The molecular formula is C31H30N4O3S. The Hall–Kier alpha value is -4.30. The van der Waals surface area contributed by atoms with Gasteiger partial charge in [0.05, 0.1) is 5.57 Å². The van der Waals surface area contributed by atoms with E-state index < -0.39 is 12.0 Å². The molecule has 0 amide bonds. The average molecular weight is 539 g/mol. The summed E-state index contributed by atoms with van der Waals surface area (Å²) in [5.74, 6) is 1.63. The summed E-state index contributed by atoms with van der Waals surface area (Å²) in [6, 6.07) is 25.7. The van der Waals surface area contributed by atoms with Crippen LogP contribution in [0.4, 0.5) is 5.95 Å². The van der Waals surface area contributed by atoms with Crippen molar-refractivity contribution in [1.29, 1.82) is 0 Å². The number of carbonyl (C=O) groups is 1. The van der Waals surface area contributed by atoms with E-state index in [1.807, 2.05) is 61.5 Å². The fourth-order valence-electron chi connectivity index (χ4n) is 4.41. The van der Waals surface area contributed by atoms with E-state index in [1.54, 1.807) is 22.5 Å². The molecule has 1 aromatic heterocycles. The molecule has 2 heterocycles. The Morgan fingerprint density at radius 1 is 1.05 bits per heavy atom. The second kappa shape index (κ2) is 12.0. The number of hydrogen-bond donors (Lipinski definition) is 1. The van der Waals surface area contributed by atoms with Gasteiger partial charge in [-0.3, -0.25) is 0 Å². The maximum absolute atomic E-state index is 13.2. The van der Waals surface area contributed by atoms with Crippen molar-refractivity contribution in [2.75, 3.05) is 11.9 Å². The molecule has 0 radical (unpaired) electrons. The fraction of sp³-hybridized carbons (Fsp3) is 0.194. The molecule has 8 heteroatoms. The number of fused-ring (bicyclic) bond motifs is 1. The predicted octanol–water partition coefficient (Wildman–Crippen LogP) is 6.48. The molecule has 0 spiro atoms. The number of hydrogen-bond acceptors (Lipinski definition) is 7. The maximum Gasteiger partial charge on any atom is 0.338 e. The molecule has 0 saturated heterocycles. The van der Waals surface area contributed by atoms with Gasteiger partial charge in [0.1, 0.15) is 25.0 Å². The van der Waals surface area contributed by atoms with E-state index in [2.05, 4.69) is 43.1 Å². The second-order valence-electron chi connectivity index (χ2n) is 9.24. The molecule has 7 nitrogen and oxygen atoms in total. The van der Waals surface area contributed by atoms with Crippen molar-refractivity contribution in [2.45, 2.75) is 37.4 Å². The number of anilines is 1. The zero-order chi connectivity index (χ0) is 27.2. The highest BCUT2D eigenvalue weighted by Crippen LogP contribution is 2.37. The average Bonchev–Trinajstić information content (AvgIpc) is 3.36. The number of aromatic nitrogens is 3. The number of rotatable bonds is 10. The number of nitrogens with zero attached hydrogens (tertiary/aromatic N) is 3. The minimum Gasteiger partial charge on any atom is -0.489 e. The number of benzene rings is 3. The maximum atomic E-state index is 13.2. The summed E-state index contributed by atoms with van der Waals surface area (Å²) >= 11 is 1.55. The summed E-state index contributed by atoms with van der Waals surface area (Å²) in [6.07, 6.45) is 1.55. The van der Waals surface area contributed by atoms with E-state index in [9.17, 15) is 4.79 Å². The van der Waals surface area contributed by atoms with Gasteiger partial charge in [-0.15, -0.1) is 5.10 Å².